The highest BCUT2D eigenvalue weighted by Gasteiger charge is 2.15. The van der Waals surface area contributed by atoms with E-state index in [1.54, 1.807) is 12.3 Å². The lowest BCUT2D eigenvalue weighted by molar-refractivity contribution is 0.457. The van der Waals surface area contributed by atoms with E-state index in [4.69, 9.17) is 4.74 Å². The first kappa shape index (κ1) is 19.3. The van der Waals surface area contributed by atoms with Crippen molar-refractivity contribution in [3.63, 3.8) is 0 Å². The summed E-state index contributed by atoms with van der Waals surface area (Å²) in [7, 11) is 0. The molecule has 0 aliphatic heterocycles. The van der Waals surface area contributed by atoms with Gasteiger partial charge in [-0.1, -0.05) is 24.3 Å². The summed E-state index contributed by atoms with van der Waals surface area (Å²) in [6.07, 6.45) is 1.80. The fourth-order valence-electron chi connectivity index (χ4n) is 4.47. The second kappa shape index (κ2) is 7.35. The van der Waals surface area contributed by atoms with E-state index in [0.29, 0.717) is 17.1 Å². The number of aromatic hydroxyl groups is 1. The van der Waals surface area contributed by atoms with Crippen LogP contribution in [-0.2, 0) is 0 Å². The molecular weight excluding hydrogens is 410 g/mol. The van der Waals surface area contributed by atoms with Gasteiger partial charge in [0.1, 0.15) is 22.8 Å². The van der Waals surface area contributed by atoms with E-state index >= 15 is 0 Å². The number of rotatable bonds is 3. The smallest absolute Gasteiger partial charge is 0.222 e. The Bertz CT molecular complexity index is 1670. The zero-order chi connectivity index (χ0) is 22.5. The summed E-state index contributed by atoms with van der Waals surface area (Å²) in [6.45, 7) is 3.92. The van der Waals surface area contributed by atoms with Gasteiger partial charge in [0.25, 0.3) is 0 Å². The van der Waals surface area contributed by atoms with Crippen LogP contribution < -0.4 is 4.74 Å². The fraction of sp³-hybridized carbons (Fsp3) is 0.0714. The number of para-hydroxylation sites is 1. The molecule has 160 valence electrons. The molecule has 0 spiro atoms. The van der Waals surface area contributed by atoms with Gasteiger partial charge in [0.15, 0.2) is 0 Å². The number of nitrogens with zero attached hydrogens (tertiary/aromatic N) is 3. The molecule has 0 bridgehead atoms. The Morgan fingerprint density at radius 3 is 2.48 bits per heavy atom. The molecule has 0 aliphatic rings. The predicted molar refractivity (Wildman–Crippen MR) is 132 cm³/mol. The van der Waals surface area contributed by atoms with Crippen molar-refractivity contribution in [2.45, 2.75) is 13.8 Å². The van der Waals surface area contributed by atoms with E-state index in [2.05, 4.69) is 32.7 Å². The maximum absolute atomic E-state index is 10.4. The number of ether oxygens (including phenoxy) is 1. The van der Waals surface area contributed by atoms with Crippen molar-refractivity contribution in [1.29, 1.82) is 0 Å². The van der Waals surface area contributed by atoms with E-state index in [1.165, 1.54) is 0 Å². The highest BCUT2D eigenvalue weighted by Crippen LogP contribution is 2.36. The van der Waals surface area contributed by atoms with Gasteiger partial charge in [-0.05, 0) is 67.9 Å². The Morgan fingerprint density at radius 2 is 1.64 bits per heavy atom. The molecule has 5 nitrogen and oxygen atoms in total. The highest BCUT2D eigenvalue weighted by atomic mass is 16.5. The molecule has 0 saturated heterocycles. The Hall–Kier alpha value is -4.38. The predicted octanol–water partition coefficient (Wildman–Crippen LogP) is 6.84. The van der Waals surface area contributed by atoms with Gasteiger partial charge in [-0.25, -0.2) is 9.97 Å². The molecule has 3 aromatic carbocycles. The standard InChI is InChI=1S/C28H21N3O2/c1-17-13-19-15-18(2)28(30-27(19)25(32)14-17)33-20-10-11-22-21-7-3-4-8-23(21)31(24(22)16-20)26-9-5-6-12-29-26/h3-16,32H,1-2H3. The average molecular weight is 431 g/mol. The molecule has 0 saturated carbocycles. The van der Waals surface area contributed by atoms with Crippen molar-refractivity contribution in [3.8, 4) is 23.2 Å². The first-order chi connectivity index (χ1) is 16.1. The topological polar surface area (TPSA) is 60.2 Å². The van der Waals surface area contributed by atoms with E-state index in [1.807, 2.05) is 68.4 Å². The molecular formula is C28H21N3O2. The van der Waals surface area contributed by atoms with Gasteiger partial charge in [-0.3, -0.25) is 4.57 Å². The molecule has 0 radical (unpaired) electrons. The van der Waals surface area contributed by atoms with Crippen molar-refractivity contribution in [3.05, 3.63) is 96.2 Å². The van der Waals surface area contributed by atoms with Crippen LogP contribution in [0.5, 0.6) is 17.4 Å². The molecule has 0 aliphatic carbocycles. The van der Waals surface area contributed by atoms with Crippen LogP contribution in [0, 0.1) is 13.8 Å². The molecule has 3 heterocycles. The second-order valence-electron chi connectivity index (χ2n) is 8.29. The van der Waals surface area contributed by atoms with E-state index < -0.39 is 0 Å². The van der Waals surface area contributed by atoms with E-state index in [9.17, 15) is 5.11 Å². The summed E-state index contributed by atoms with van der Waals surface area (Å²) in [5.41, 5.74) is 4.51. The van der Waals surface area contributed by atoms with Crippen molar-refractivity contribution in [2.24, 2.45) is 0 Å². The maximum Gasteiger partial charge on any atom is 0.222 e. The Kier molecular flexibility index (Phi) is 4.30. The molecule has 0 amide bonds. The SMILES string of the molecule is Cc1cc(O)c2nc(Oc3ccc4c5ccccc5n(-c5ccccn5)c4c3)c(C)cc2c1. The summed E-state index contributed by atoms with van der Waals surface area (Å²) in [5.74, 6) is 2.15. The zero-order valence-electron chi connectivity index (χ0n) is 18.3. The highest BCUT2D eigenvalue weighted by molar-refractivity contribution is 6.09. The molecule has 0 atom stereocenters. The normalized spacial score (nSPS) is 11.5. The quantitative estimate of drug-likeness (QED) is 0.333. The lowest BCUT2D eigenvalue weighted by Gasteiger charge is -2.11. The van der Waals surface area contributed by atoms with Gasteiger partial charge < -0.3 is 9.84 Å². The Balaban J connectivity index is 1.52. The van der Waals surface area contributed by atoms with Crippen LogP contribution in [0.25, 0.3) is 38.5 Å². The van der Waals surface area contributed by atoms with Crippen molar-refractivity contribution < 1.29 is 9.84 Å². The lowest BCUT2D eigenvalue weighted by atomic mass is 10.1. The molecule has 0 unspecified atom stereocenters. The minimum atomic E-state index is 0.153. The molecule has 1 N–H and O–H groups in total. The van der Waals surface area contributed by atoms with Crippen LogP contribution >= 0.6 is 0 Å². The van der Waals surface area contributed by atoms with E-state index in [-0.39, 0.29) is 5.75 Å². The lowest BCUT2D eigenvalue weighted by Crippen LogP contribution is -1.97. The first-order valence-corrected chi connectivity index (χ1v) is 10.8. The second-order valence-corrected chi connectivity index (χ2v) is 8.29. The Labute approximate surface area is 190 Å². The molecule has 0 fully saturated rings. The van der Waals surface area contributed by atoms with Gasteiger partial charge in [0, 0.05) is 34.0 Å². The summed E-state index contributed by atoms with van der Waals surface area (Å²) in [4.78, 5) is 9.20. The zero-order valence-corrected chi connectivity index (χ0v) is 18.3. The molecule has 6 rings (SSSR count). The number of hydrogen-bond acceptors (Lipinski definition) is 4. The van der Waals surface area contributed by atoms with Crippen LogP contribution in [0.15, 0.2) is 85.1 Å². The number of phenolic OH excluding ortho intramolecular Hbond substituents is 1. The molecule has 33 heavy (non-hydrogen) atoms. The van der Waals surface area contributed by atoms with Crippen molar-refractivity contribution in [1.82, 2.24) is 14.5 Å². The number of phenols is 1. The Morgan fingerprint density at radius 1 is 0.818 bits per heavy atom. The number of hydrogen-bond donors (Lipinski definition) is 1. The van der Waals surface area contributed by atoms with Crippen molar-refractivity contribution >= 4 is 32.7 Å². The maximum atomic E-state index is 10.4. The van der Waals surface area contributed by atoms with Crippen LogP contribution in [0.1, 0.15) is 11.1 Å². The minimum Gasteiger partial charge on any atom is -0.506 e. The molecule has 3 aromatic heterocycles. The van der Waals surface area contributed by atoms with E-state index in [0.717, 1.165) is 44.1 Å². The van der Waals surface area contributed by atoms with Gasteiger partial charge in [-0.15, -0.1) is 0 Å². The van der Waals surface area contributed by atoms with Gasteiger partial charge in [0.2, 0.25) is 5.88 Å². The number of pyridine rings is 2. The third-order valence-corrected chi connectivity index (χ3v) is 5.92. The summed E-state index contributed by atoms with van der Waals surface area (Å²) in [5, 5.41) is 13.6. The summed E-state index contributed by atoms with van der Waals surface area (Å²) < 4.78 is 8.39. The third kappa shape index (κ3) is 3.17. The molecule has 5 heteroatoms. The van der Waals surface area contributed by atoms with Crippen LogP contribution in [0.2, 0.25) is 0 Å². The van der Waals surface area contributed by atoms with Gasteiger partial charge in [-0.2, -0.15) is 0 Å². The van der Waals surface area contributed by atoms with Crippen molar-refractivity contribution in [2.75, 3.05) is 0 Å². The van der Waals surface area contributed by atoms with Crippen LogP contribution in [0.4, 0.5) is 0 Å². The number of aromatic nitrogens is 3. The number of aryl methyl sites for hydroxylation is 2. The van der Waals surface area contributed by atoms with Gasteiger partial charge in [0.05, 0.1) is 11.0 Å². The summed E-state index contributed by atoms with van der Waals surface area (Å²) in [6, 6.07) is 26.0. The number of fused-ring (bicyclic) bond motifs is 4. The van der Waals surface area contributed by atoms with Crippen LogP contribution in [0.3, 0.4) is 0 Å². The largest absolute Gasteiger partial charge is 0.506 e. The summed E-state index contributed by atoms with van der Waals surface area (Å²) >= 11 is 0. The number of benzene rings is 3. The van der Waals surface area contributed by atoms with Crippen LogP contribution in [-0.4, -0.2) is 19.6 Å². The third-order valence-electron chi connectivity index (χ3n) is 5.92. The first-order valence-electron chi connectivity index (χ1n) is 10.8. The monoisotopic (exact) mass is 431 g/mol. The van der Waals surface area contributed by atoms with Gasteiger partial charge >= 0.3 is 0 Å². The molecule has 6 aromatic rings. The fourth-order valence-corrected chi connectivity index (χ4v) is 4.47. The minimum absolute atomic E-state index is 0.153. The average Bonchev–Trinajstić information content (AvgIpc) is 3.14.